The monoisotopic (exact) mass is 265 g/mol. The number of hydrogen-bond donors (Lipinski definition) is 2. The Morgan fingerprint density at radius 1 is 1.37 bits per heavy atom. The van der Waals surface area contributed by atoms with Gasteiger partial charge in [-0.05, 0) is 24.1 Å². The molecule has 4 heteroatoms. The molecular formula is C15H23NO3. The number of aromatic hydroxyl groups is 1. The van der Waals surface area contributed by atoms with Crippen molar-refractivity contribution in [2.24, 2.45) is 0 Å². The second kappa shape index (κ2) is 7.92. The fourth-order valence-corrected chi connectivity index (χ4v) is 2.03. The van der Waals surface area contributed by atoms with Crippen LogP contribution in [0.15, 0.2) is 12.1 Å². The Kier molecular flexibility index (Phi) is 6.53. The van der Waals surface area contributed by atoms with Crippen molar-refractivity contribution in [1.29, 1.82) is 0 Å². The quantitative estimate of drug-likeness (QED) is 0.559. The highest BCUT2D eigenvalue weighted by molar-refractivity contribution is 5.98. The van der Waals surface area contributed by atoms with Crippen LogP contribution in [0.4, 0.5) is 0 Å². The van der Waals surface area contributed by atoms with E-state index in [1.807, 2.05) is 19.9 Å². The van der Waals surface area contributed by atoms with E-state index in [9.17, 15) is 9.90 Å². The molecule has 0 aliphatic carbocycles. The maximum atomic E-state index is 11.9. The molecule has 0 unspecified atom stereocenters. The highest BCUT2D eigenvalue weighted by Gasteiger charge is 2.14. The number of methoxy groups -OCH3 is 1. The fourth-order valence-electron chi connectivity index (χ4n) is 2.03. The van der Waals surface area contributed by atoms with E-state index in [4.69, 9.17) is 4.74 Å². The summed E-state index contributed by atoms with van der Waals surface area (Å²) in [5.41, 5.74) is 2.31. The molecule has 1 aromatic carbocycles. The lowest BCUT2D eigenvalue weighted by molar-refractivity contribution is 0.0986. The minimum atomic E-state index is 0.0749. The maximum absolute atomic E-state index is 11.9. The molecule has 0 fully saturated rings. The smallest absolute Gasteiger partial charge is 0.163 e. The zero-order valence-corrected chi connectivity index (χ0v) is 12.0. The molecule has 0 aliphatic heterocycles. The number of rotatable bonds is 8. The van der Waals surface area contributed by atoms with Gasteiger partial charge in [0.25, 0.3) is 0 Å². The van der Waals surface area contributed by atoms with Crippen LogP contribution in [0.25, 0.3) is 0 Å². The molecule has 0 aliphatic rings. The Labute approximate surface area is 114 Å². The summed E-state index contributed by atoms with van der Waals surface area (Å²) in [4.78, 5) is 11.9. The third kappa shape index (κ3) is 4.33. The van der Waals surface area contributed by atoms with Gasteiger partial charge in [0, 0.05) is 37.7 Å². The molecular weight excluding hydrogens is 242 g/mol. The van der Waals surface area contributed by atoms with Crippen molar-refractivity contribution in [2.75, 3.05) is 20.3 Å². The second-order valence-corrected chi connectivity index (χ2v) is 4.44. The van der Waals surface area contributed by atoms with Crippen molar-refractivity contribution in [3.63, 3.8) is 0 Å². The molecule has 19 heavy (non-hydrogen) atoms. The zero-order chi connectivity index (χ0) is 14.3. The highest BCUT2D eigenvalue weighted by atomic mass is 16.5. The van der Waals surface area contributed by atoms with E-state index in [-0.39, 0.29) is 11.5 Å². The first kappa shape index (κ1) is 15.7. The predicted octanol–water partition coefficient (Wildman–Crippen LogP) is 2.28. The van der Waals surface area contributed by atoms with Crippen molar-refractivity contribution in [3.05, 3.63) is 28.8 Å². The molecule has 0 amide bonds. The lowest BCUT2D eigenvalue weighted by Crippen LogP contribution is -2.19. The van der Waals surface area contributed by atoms with Crippen molar-refractivity contribution in [2.45, 2.75) is 33.2 Å². The average Bonchev–Trinajstić information content (AvgIpc) is 2.42. The molecule has 1 aromatic rings. The number of carbonyl (C=O) groups is 1. The number of ketones is 1. The van der Waals surface area contributed by atoms with Crippen LogP contribution >= 0.6 is 0 Å². The number of carbonyl (C=O) groups excluding carboxylic acids is 1. The van der Waals surface area contributed by atoms with Gasteiger partial charge >= 0.3 is 0 Å². The number of Topliss-reactive ketones (excluding diaryl/α,β-unsaturated/α-hetero) is 1. The van der Waals surface area contributed by atoms with Crippen molar-refractivity contribution in [1.82, 2.24) is 5.32 Å². The molecule has 0 radical (unpaired) electrons. The minimum Gasteiger partial charge on any atom is -0.508 e. The molecule has 2 N–H and O–H groups in total. The lowest BCUT2D eigenvalue weighted by atomic mass is 9.96. The summed E-state index contributed by atoms with van der Waals surface area (Å²) in [6, 6.07) is 3.61. The summed E-state index contributed by atoms with van der Waals surface area (Å²) in [5.74, 6) is 0.288. The summed E-state index contributed by atoms with van der Waals surface area (Å²) in [5, 5.41) is 13.2. The Morgan fingerprint density at radius 3 is 2.68 bits per heavy atom. The van der Waals surface area contributed by atoms with Crippen LogP contribution in [0.2, 0.25) is 0 Å². The van der Waals surface area contributed by atoms with Crippen LogP contribution < -0.4 is 5.32 Å². The third-order valence-corrected chi connectivity index (χ3v) is 3.07. The SMILES string of the molecule is CCC(=O)c1cc(CNCCOC)cc(O)c1CC. The number of hydrogen-bond acceptors (Lipinski definition) is 4. The van der Waals surface area contributed by atoms with Crippen LogP contribution in [0, 0.1) is 0 Å². The van der Waals surface area contributed by atoms with E-state index in [1.54, 1.807) is 13.2 Å². The number of ether oxygens (including phenoxy) is 1. The Bertz CT molecular complexity index is 430. The molecule has 0 heterocycles. The third-order valence-electron chi connectivity index (χ3n) is 3.07. The Balaban J connectivity index is 2.89. The molecule has 4 nitrogen and oxygen atoms in total. The first-order valence-electron chi connectivity index (χ1n) is 6.71. The lowest BCUT2D eigenvalue weighted by Gasteiger charge is -2.12. The zero-order valence-electron chi connectivity index (χ0n) is 12.0. The summed E-state index contributed by atoms with van der Waals surface area (Å²) in [6.45, 7) is 5.77. The van der Waals surface area contributed by atoms with Gasteiger partial charge in [0.2, 0.25) is 0 Å². The first-order chi connectivity index (χ1) is 9.13. The van der Waals surface area contributed by atoms with Crippen LogP contribution in [0.1, 0.15) is 41.8 Å². The topological polar surface area (TPSA) is 58.6 Å². The first-order valence-corrected chi connectivity index (χ1v) is 6.71. The van der Waals surface area contributed by atoms with Gasteiger partial charge in [-0.2, -0.15) is 0 Å². The molecule has 106 valence electrons. The van der Waals surface area contributed by atoms with Crippen molar-refractivity contribution >= 4 is 5.78 Å². The second-order valence-electron chi connectivity index (χ2n) is 4.44. The molecule has 0 spiro atoms. The average molecular weight is 265 g/mol. The van der Waals surface area contributed by atoms with Gasteiger partial charge < -0.3 is 15.2 Å². The van der Waals surface area contributed by atoms with Gasteiger partial charge in [-0.3, -0.25) is 4.79 Å². The van der Waals surface area contributed by atoms with Crippen LogP contribution in [-0.2, 0) is 17.7 Å². The number of phenolic OH excluding ortho intramolecular Hbond substituents is 1. The van der Waals surface area contributed by atoms with Crippen LogP contribution in [0.5, 0.6) is 5.75 Å². The Morgan fingerprint density at radius 2 is 2.11 bits per heavy atom. The van der Waals surface area contributed by atoms with E-state index < -0.39 is 0 Å². The van der Waals surface area contributed by atoms with Gasteiger partial charge in [-0.1, -0.05) is 13.8 Å². The van der Waals surface area contributed by atoms with E-state index in [1.165, 1.54) is 0 Å². The molecule has 0 bridgehead atoms. The summed E-state index contributed by atoms with van der Waals surface area (Å²) in [6.07, 6.45) is 1.11. The number of benzene rings is 1. The van der Waals surface area contributed by atoms with E-state index >= 15 is 0 Å². The summed E-state index contributed by atoms with van der Waals surface area (Å²) < 4.78 is 4.95. The largest absolute Gasteiger partial charge is 0.508 e. The fraction of sp³-hybridized carbons (Fsp3) is 0.533. The standard InChI is InChI=1S/C15H23NO3/c1-4-12-13(14(17)5-2)8-11(9-15(12)18)10-16-6-7-19-3/h8-9,16,18H,4-7,10H2,1-3H3. The van der Waals surface area contributed by atoms with Crippen LogP contribution in [0.3, 0.4) is 0 Å². The number of phenols is 1. The van der Waals surface area contributed by atoms with Crippen molar-refractivity contribution < 1.29 is 14.6 Å². The molecule has 0 saturated carbocycles. The summed E-state index contributed by atoms with van der Waals surface area (Å²) >= 11 is 0. The normalized spacial score (nSPS) is 10.7. The maximum Gasteiger partial charge on any atom is 0.163 e. The van der Waals surface area contributed by atoms with Gasteiger partial charge in [-0.25, -0.2) is 0 Å². The molecule has 0 saturated heterocycles. The van der Waals surface area contributed by atoms with E-state index in [0.717, 1.165) is 17.7 Å². The van der Waals surface area contributed by atoms with Crippen molar-refractivity contribution in [3.8, 4) is 5.75 Å². The number of nitrogens with one attached hydrogen (secondary N) is 1. The Hall–Kier alpha value is -1.39. The minimum absolute atomic E-state index is 0.0749. The van der Waals surface area contributed by atoms with Gasteiger partial charge in [0.05, 0.1) is 6.61 Å². The van der Waals surface area contributed by atoms with Gasteiger partial charge in [0.15, 0.2) is 5.78 Å². The predicted molar refractivity (Wildman–Crippen MR) is 75.7 cm³/mol. The van der Waals surface area contributed by atoms with Crippen LogP contribution in [-0.4, -0.2) is 31.2 Å². The van der Waals surface area contributed by atoms with E-state index in [0.29, 0.717) is 31.6 Å². The highest BCUT2D eigenvalue weighted by Crippen LogP contribution is 2.25. The molecule has 0 atom stereocenters. The van der Waals surface area contributed by atoms with Gasteiger partial charge in [-0.15, -0.1) is 0 Å². The molecule has 1 rings (SSSR count). The van der Waals surface area contributed by atoms with Gasteiger partial charge in [0.1, 0.15) is 5.75 Å². The molecule has 0 aromatic heterocycles. The summed E-state index contributed by atoms with van der Waals surface area (Å²) in [7, 11) is 1.65. The van der Waals surface area contributed by atoms with E-state index in [2.05, 4.69) is 5.32 Å².